The fourth-order valence-corrected chi connectivity index (χ4v) is 0. The van der Waals surface area contributed by atoms with E-state index in [-0.39, 0.29) is 52.0 Å². The Morgan fingerprint density at radius 2 is 1.60 bits per heavy atom. The van der Waals surface area contributed by atoms with Gasteiger partial charge in [-0.2, -0.15) is 0 Å². The fraction of sp³-hybridized carbons (Fsp3) is 0. The van der Waals surface area contributed by atoms with Gasteiger partial charge in [0.15, 0.2) is 8.69 Å². The second kappa shape index (κ2) is 16.8. The van der Waals surface area contributed by atoms with E-state index in [4.69, 9.17) is 9.46 Å². The smallest absolute Gasteiger partial charge is 0.177 e. The molecule has 28 valence electrons. The summed E-state index contributed by atoms with van der Waals surface area (Å²) in [5.74, 6) is 0. The summed E-state index contributed by atoms with van der Waals surface area (Å²) in [5, 5.41) is 0. The SMILES string of the molecule is O=[PH2]O.[Hf].[Zr]. The third-order valence-corrected chi connectivity index (χ3v) is 0. The molecule has 0 rings (SSSR count). The molecule has 0 aromatic heterocycles. The molecule has 0 aliphatic carbocycles. The average Bonchev–Trinajstić information content (AvgIpc) is 0.918. The Hall–Kier alpha value is 1.94. The molecule has 0 spiro atoms. The predicted octanol–water partition coefficient (Wildman–Crippen LogP) is -0.355. The third kappa shape index (κ3) is 24.5. The molecule has 2 nitrogen and oxygen atoms in total. The molecule has 0 aliphatic rings. The van der Waals surface area contributed by atoms with Crippen molar-refractivity contribution in [1.82, 2.24) is 0 Å². The van der Waals surface area contributed by atoms with Crippen LogP contribution < -0.4 is 0 Å². The molecule has 0 saturated carbocycles. The van der Waals surface area contributed by atoms with Gasteiger partial charge >= 0.3 is 0 Å². The van der Waals surface area contributed by atoms with Crippen molar-refractivity contribution in [2.45, 2.75) is 0 Å². The molecule has 1 N–H and O–H groups in total. The number of hydrogen-bond acceptors (Lipinski definition) is 1. The largest absolute Gasteiger partial charge is 0.348 e. The Morgan fingerprint density at radius 3 is 1.60 bits per heavy atom. The summed E-state index contributed by atoms with van der Waals surface area (Å²) in [4.78, 5) is 7.10. The van der Waals surface area contributed by atoms with Gasteiger partial charge in [-0.25, -0.2) is 0 Å². The third-order valence-electron chi connectivity index (χ3n) is 0. The summed E-state index contributed by atoms with van der Waals surface area (Å²) in [6, 6.07) is 0. The van der Waals surface area contributed by atoms with Gasteiger partial charge in [-0.3, -0.25) is 4.57 Å². The first-order valence-electron chi connectivity index (χ1n) is 0.494. The van der Waals surface area contributed by atoms with E-state index in [9.17, 15) is 0 Å². The first-order valence-corrected chi connectivity index (χ1v) is 1.48. The molecule has 0 saturated heterocycles. The van der Waals surface area contributed by atoms with Gasteiger partial charge in [0, 0.05) is 52.0 Å². The maximum atomic E-state index is 8.57. The van der Waals surface area contributed by atoms with E-state index in [1.807, 2.05) is 0 Å². The van der Waals surface area contributed by atoms with Crippen LogP contribution in [0.5, 0.6) is 0 Å². The molecule has 0 radical (unpaired) electrons. The van der Waals surface area contributed by atoms with Crippen LogP contribution in [0.4, 0.5) is 0 Å². The Labute approximate surface area is 69.5 Å². The Kier molecular flexibility index (Phi) is 52.9. The molecule has 1 unspecified atom stereocenters. The summed E-state index contributed by atoms with van der Waals surface area (Å²) in [6.07, 6.45) is 0. The summed E-state index contributed by atoms with van der Waals surface area (Å²) in [5.41, 5.74) is 0. The minimum absolute atomic E-state index is 0. The van der Waals surface area contributed by atoms with Crippen LogP contribution in [0.1, 0.15) is 0 Å². The minimum Gasteiger partial charge on any atom is -0.348 e. The van der Waals surface area contributed by atoms with Gasteiger partial charge in [0.1, 0.15) is 0 Å². The van der Waals surface area contributed by atoms with Gasteiger partial charge in [-0.1, -0.05) is 0 Å². The molecular formula is H3HfO2PZr. The van der Waals surface area contributed by atoms with Crippen molar-refractivity contribution >= 4 is 8.69 Å². The number of rotatable bonds is 0. The van der Waals surface area contributed by atoms with E-state index in [2.05, 4.69) is 0 Å². The van der Waals surface area contributed by atoms with Gasteiger partial charge in [-0.15, -0.1) is 0 Å². The maximum absolute atomic E-state index is 8.57. The molecule has 5 heteroatoms. The Balaban J connectivity index is -0.0000000200. The Bertz CT molecular complexity index is 17.1. The minimum atomic E-state index is -1.50. The van der Waals surface area contributed by atoms with Crippen molar-refractivity contribution in [3.63, 3.8) is 0 Å². The summed E-state index contributed by atoms with van der Waals surface area (Å²) in [6.45, 7) is 0. The summed E-state index contributed by atoms with van der Waals surface area (Å²) in [7, 11) is -1.50. The molecule has 0 bridgehead atoms. The van der Waals surface area contributed by atoms with E-state index in [1.165, 1.54) is 0 Å². The standard InChI is InChI=1S/Hf.H3O2P.Zr/c;1-3-2;/h;3H2,(H,1,2);. The van der Waals surface area contributed by atoms with Crippen molar-refractivity contribution in [1.29, 1.82) is 0 Å². The van der Waals surface area contributed by atoms with Gasteiger partial charge in [0.05, 0.1) is 0 Å². The zero-order valence-electron chi connectivity index (χ0n) is 2.43. The van der Waals surface area contributed by atoms with Crippen LogP contribution >= 0.6 is 8.69 Å². The molecule has 1 atom stereocenters. The summed E-state index contributed by atoms with van der Waals surface area (Å²) < 4.78 is 8.57. The van der Waals surface area contributed by atoms with Crippen LogP contribution in [-0.4, -0.2) is 4.89 Å². The molecule has 0 fully saturated rings. The molecule has 5 heavy (non-hydrogen) atoms. The van der Waals surface area contributed by atoms with Gasteiger partial charge in [0.2, 0.25) is 0 Å². The second-order valence-corrected chi connectivity index (χ2v) is 0.316. The van der Waals surface area contributed by atoms with E-state index in [0.29, 0.717) is 0 Å². The molecular weight excluding hydrogens is 333 g/mol. The number of hydrogen-bond donors (Lipinski definition) is 1. The van der Waals surface area contributed by atoms with Gasteiger partial charge in [0.25, 0.3) is 0 Å². The van der Waals surface area contributed by atoms with Crippen molar-refractivity contribution in [2.75, 3.05) is 0 Å². The van der Waals surface area contributed by atoms with Crippen molar-refractivity contribution in [3.8, 4) is 0 Å². The molecule has 0 aromatic carbocycles. The van der Waals surface area contributed by atoms with Crippen molar-refractivity contribution < 1.29 is 61.5 Å². The van der Waals surface area contributed by atoms with Crippen molar-refractivity contribution in [3.05, 3.63) is 0 Å². The molecule has 0 aliphatic heterocycles. The molecule has 0 aromatic rings. The predicted molar refractivity (Wildman–Crippen MR) is 12.6 cm³/mol. The van der Waals surface area contributed by atoms with Crippen LogP contribution in [0.15, 0.2) is 0 Å². The second-order valence-electron chi connectivity index (χ2n) is 0.105. The summed E-state index contributed by atoms with van der Waals surface area (Å²) >= 11 is 0. The van der Waals surface area contributed by atoms with Crippen molar-refractivity contribution in [2.24, 2.45) is 0 Å². The van der Waals surface area contributed by atoms with Crippen LogP contribution in [-0.2, 0) is 56.6 Å². The van der Waals surface area contributed by atoms with Crippen LogP contribution in [0.3, 0.4) is 0 Å². The van der Waals surface area contributed by atoms with Crippen LogP contribution in [0.25, 0.3) is 0 Å². The first-order chi connectivity index (χ1) is 1.41. The Morgan fingerprint density at radius 1 is 1.60 bits per heavy atom. The van der Waals surface area contributed by atoms with Crippen LogP contribution in [0, 0.1) is 0 Å². The molecule has 0 heterocycles. The topological polar surface area (TPSA) is 37.3 Å². The van der Waals surface area contributed by atoms with Crippen LogP contribution in [0.2, 0.25) is 0 Å². The first kappa shape index (κ1) is 15.8. The normalized spacial score (nSPS) is 5.80. The molecule has 0 amide bonds. The van der Waals surface area contributed by atoms with E-state index in [1.54, 1.807) is 0 Å². The monoisotopic (exact) mass is 336 g/mol. The maximum Gasteiger partial charge on any atom is 0.177 e. The average molecular weight is 336 g/mol. The quantitative estimate of drug-likeness (QED) is 0.485. The zero-order valence-corrected chi connectivity index (χ0v) is 9.64. The fourth-order valence-electron chi connectivity index (χ4n) is 0. The van der Waals surface area contributed by atoms with E-state index >= 15 is 0 Å². The van der Waals surface area contributed by atoms with Gasteiger partial charge in [-0.05, 0) is 0 Å². The van der Waals surface area contributed by atoms with E-state index < -0.39 is 8.69 Å². The van der Waals surface area contributed by atoms with Gasteiger partial charge < -0.3 is 4.89 Å². The van der Waals surface area contributed by atoms with E-state index in [0.717, 1.165) is 0 Å². The zero-order chi connectivity index (χ0) is 2.71.